The molecule has 16 heavy (non-hydrogen) atoms. The maximum atomic E-state index is 4.65. The van der Waals surface area contributed by atoms with Gasteiger partial charge in [-0.25, -0.2) is 4.98 Å². The van der Waals surface area contributed by atoms with Crippen LogP contribution in [0.5, 0.6) is 0 Å². The Balaban J connectivity index is 1.97. The molecule has 1 aliphatic rings. The van der Waals surface area contributed by atoms with Crippen LogP contribution in [0.15, 0.2) is 0 Å². The Morgan fingerprint density at radius 2 is 2.38 bits per heavy atom. The SMILES string of the molecule is Cc1nc(CN2CCCC(C)C2)sc1CBr. The van der Waals surface area contributed by atoms with E-state index in [0.717, 1.165) is 17.8 Å². The van der Waals surface area contributed by atoms with Crippen LogP contribution in [0.1, 0.15) is 35.3 Å². The minimum absolute atomic E-state index is 0.852. The molecule has 1 aliphatic heterocycles. The van der Waals surface area contributed by atoms with Crippen molar-refractivity contribution in [1.82, 2.24) is 9.88 Å². The van der Waals surface area contributed by atoms with E-state index in [2.05, 4.69) is 39.7 Å². The standard InChI is InChI=1S/C12H19BrN2S/c1-9-4-3-5-15(7-9)8-12-14-10(2)11(6-13)16-12/h9H,3-8H2,1-2H3. The summed E-state index contributed by atoms with van der Waals surface area (Å²) in [6.07, 6.45) is 2.73. The highest BCUT2D eigenvalue weighted by atomic mass is 79.9. The van der Waals surface area contributed by atoms with Gasteiger partial charge in [0.05, 0.1) is 12.2 Å². The number of aromatic nitrogens is 1. The van der Waals surface area contributed by atoms with Crippen LogP contribution in [-0.4, -0.2) is 23.0 Å². The van der Waals surface area contributed by atoms with Crippen molar-refractivity contribution in [3.8, 4) is 0 Å². The zero-order valence-corrected chi connectivity index (χ0v) is 12.4. The molecule has 0 amide bonds. The lowest BCUT2D eigenvalue weighted by Crippen LogP contribution is -2.33. The van der Waals surface area contributed by atoms with Crippen LogP contribution >= 0.6 is 27.3 Å². The number of thiazole rings is 1. The zero-order valence-electron chi connectivity index (χ0n) is 10.0. The van der Waals surface area contributed by atoms with Gasteiger partial charge in [0.15, 0.2) is 0 Å². The molecule has 0 saturated carbocycles. The van der Waals surface area contributed by atoms with Crippen molar-refractivity contribution in [2.24, 2.45) is 5.92 Å². The van der Waals surface area contributed by atoms with Crippen LogP contribution in [0.4, 0.5) is 0 Å². The molecule has 1 unspecified atom stereocenters. The number of hydrogen-bond acceptors (Lipinski definition) is 3. The van der Waals surface area contributed by atoms with Crippen molar-refractivity contribution >= 4 is 27.3 Å². The Morgan fingerprint density at radius 3 is 3.00 bits per heavy atom. The van der Waals surface area contributed by atoms with Crippen molar-refractivity contribution in [2.45, 2.75) is 38.6 Å². The molecular weight excluding hydrogens is 284 g/mol. The minimum atomic E-state index is 0.852. The quantitative estimate of drug-likeness (QED) is 0.794. The number of piperidine rings is 1. The second-order valence-corrected chi connectivity index (χ2v) is 6.46. The Kier molecular flexibility index (Phi) is 4.39. The maximum absolute atomic E-state index is 4.65. The van der Waals surface area contributed by atoms with E-state index in [4.69, 9.17) is 0 Å². The summed E-state index contributed by atoms with van der Waals surface area (Å²) in [5.74, 6) is 0.852. The lowest BCUT2D eigenvalue weighted by atomic mass is 10.0. The topological polar surface area (TPSA) is 16.1 Å². The van der Waals surface area contributed by atoms with E-state index < -0.39 is 0 Å². The molecule has 90 valence electrons. The zero-order chi connectivity index (χ0) is 11.5. The van der Waals surface area contributed by atoms with E-state index in [1.165, 1.54) is 41.5 Å². The van der Waals surface area contributed by atoms with Gasteiger partial charge in [-0.2, -0.15) is 0 Å². The second-order valence-electron chi connectivity index (χ2n) is 4.73. The number of alkyl halides is 1. The van der Waals surface area contributed by atoms with Gasteiger partial charge in [0, 0.05) is 16.8 Å². The normalized spacial score (nSPS) is 22.6. The predicted octanol–water partition coefficient (Wildman–Crippen LogP) is 3.58. The molecule has 0 radical (unpaired) electrons. The van der Waals surface area contributed by atoms with Crippen molar-refractivity contribution < 1.29 is 0 Å². The molecule has 0 aliphatic carbocycles. The number of nitrogens with zero attached hydrogens (tertiary/aromatic N) is 2. The van der Waals surface area contributed by atoms with Crippen LogP contribution in [0.2, 0.25) is 0 Å². The molecule has 1 saturated heterocycles. The summed E-state index contributed by atoms with van der Waals surface area (Å²) in [4.78, 5) is 8.57. The average Bonchev–Trinajstić information content (AvgIpc) is 2.58. The minimum Gasteiger partial charge on any atom is -0.296 e. The molecule has 1 aromatic heterocycles. The number of hydrogen-bond donors (Lipinski definition) is 0. The van der Waals surface area contributed by atoms with Gasteiger partial charge in [-0.3, -0.25) is 4.90 Å². The Hall–Kier alpha value is 0.0700. The van der Waals surface area contributed by atoms with E-state index >= 15 is 0 Å². The van der Waals surface area contributed by atoms with E-state index in [1.54, 1.807) is 0 Å². The molecule has 1 atom stereocenters. The lowest BCUT2D eigenvalue weighted by Gasteiger charge is -2.29. The largest absolute Gasteiger partial charge is 0.296 e. The van der Waals surface area contributed by atoms with Crippen molar-refractivity contribution in [3.63, 3.8) is 0 Å². The average molecular weight is 303 g/mol. The highest BCUT2D eigenvalue weighted by Crippen LogP contribution is 2.24. The third kappa shape index (κ3) is 3.05. The summed E-state index contributed by atoms with van der Waals surface area (Å²) in [6, 6.07) is 0. The molecule has 2 nitrogen and oxygen atoms in total. The molecule has 4 heteroatoms. The first-order chi connectivity index (χ1) is 7.69. The summed E-state index contributed by atoms with van der Waals surface area (Å²) in [5.41, 5.74) is 1.20. The predicted molar refractivity (Wildman–Crippen MR) is 73.2 cm³/mol. The molecule has 1 aromatic rings. The number of rotatable bonds is 3. The Labute approximate surface area is 110 Å². The smallest absolute Gasteiger partial charge is 0.107 e. The highest BCUT2D eigenvalue weighted by Gasteiger charge is 2.18. The molecular formula is C12H19BrN2S. The first-order valence-corrected chi connectivity index (χ1v) is 7.86. The molecule has 2 heterocycles. The van der Waals surface area contributed by atoms with Crippen molar-refractivity contribution in [2.75, 3.05) is 13.1 Å². The third-order valence-electron chi connectivity index (χ3n) is 3.16. The Bertz CT molecular complexity index is 351. The fraction of sp³-hybridized carbons (Fsp3) is 0.750. The van der Waals surface area contributed by atoms with Gasteiger partial charge in [-0.15, -0.1) is 11.3 Å². The molecule has 0 spiro atoms. The van der Waals surface area contributed by atoms with Crippen molar-refractivity contribution in [1.29, 1.82) is 0 Å². The van der Waals surface area contributed by atoms with E-state index in [0.29, 0.717) is 0 Å². The van der Waals surface area contributed by atoms with Gasteiger partial charge in [0.25, 0.3) is 0 Å². The first kappa shape index (κ1) is 12.5. The fourth-order valence-electron chi connectivity index (χ4n) is 2.30. The summed E-state index contributed by atoms with van der Waals surface area (Å²) in [6.45, 7) is 7.98. The van der Waals surface area contributed by atoms with Gasteiger partial charge >= 0.3 is 0 Å². The number of likely N-dealkylation sites (tertiary alicyclic amines) is 1. The van der Waals surface area contributed by atoms with Crippen LogP contribution in [0.25, 0.3) is 0 Å². The van der Waals surface area contributed by atoms with Crippen LogP contribution in [-0.2, 0) is 11.9 Å². The van der Waals surface area contributed by atoms with Crippen LogP contribution < -0.4 is 0 Å². The molecule has 1 fully saturated rings. The van der Waals surface area contributed by atoms with Gasteiger partial charge < -0.3 is 0 Å². The summed E-state index contributed by atoms with van der Waals surface area (Å²) in [7, 11) is 0. The summed E-state index contributed by atoms with van der Waals surface area (Å²) in [5, 5.41) is 2.22. The van der Waals surface area contributed by atoms with E-state index in [-0.39, 0.29) is 0 Å². The first-order valence-electron chi connectivity index (χ1n) is 5.92. The maximum Gasteiger partial charge on any atom is 0.107 e. The molecule has 0 N–H and O–H groups in total. The lowest BCUT2D eigenvalue weighted by molar-refractivity contribution is 0.176. The molecule has 2 rings (SSSR count). The number of aryl methyl sites for hydroxylation is 1. The summed E-state index contributed by atoms with van der Waals surface area (Å²) >= 11 is 5.37. The third-order valence-corrected chi connectivity index (χ3v) is 5.23. The Morgan fingerprint density at radius 1 is 1.56 bits per heavy atom. The van der Waals surface area contributed by atoms with Gasteiger partial charge in [0.1, 0.15) is 5.01 Å². The van der Waals surface area contributed by atoms with Crippen molar-refractivity contribution in [3.05, 3.63) is 15.6 Å². The van der Waals surface area contributed by atoms with E-state index in [9.17, 15) is 0 Å². The van der Waals surface area contributed by atoms with Gasteiger partial charge in [-0.05, 0) is 32.2 Å². The van der Waals surface area contributed by atoms with E-state index in [1.807, 2.05) is 11.3 Å². The summed E-state index contributed by atoms with van der Waals surface area (Å²) < 4.78 is 0. The highest BCUT2D eigenvalue weighted by molar-refractivity contribution is 9.08. The fourth-order valence-corrected chi connectivity index (χ4v) is 4.01. The second kappa shape index (κ2) is 5.61. The van der Waals surface area contributed by atoms with Gasteiger partial charge in [-0.1, -0.05) is 22.9 Å². The van der Waals surface area contributed by atoms with Crippen LogP contribution in [0, 0.1) is 12.8 Å². The molecule has 0 bridgehead atoms. The monoisotopic (exact) mass is 302 g/mol. The van der Waals surface area contributed by atoms with Crippen LogP contribution in [0.3, 0.4) is 0 Å². The molecule has 0 aromatic carbocycles. The van der Waals surface area contributed by atoms with Gasteiger partial charge in [0.2, 0.25) is 0 Å². The number of halogens is 1.